The molecule has 0 spiro atoms. The van der Waals surface area contributed by atoms with E-state index in [-0.39, 0.29) is 17.5 Å². The number of halogens is 1. The molecule has 7 nitrogen and oxygen atoms in total. The number of esters is 1. The molecule has 0 bridgehead atoms. The highest BCUT2D eigenvalue weighted by Gasteiger charge is 2.16. The third-order valence-corrected chi connectivity index (χ3v) is 3.90. The Balaban J connectivity index is 2.14. The van der Waals surface area contributed by atoms with Gasteiger partial charge in [-0.25, -0.2) is 4.79 Å². The van der Waals surface area contributed by atoms with Crippen molar-refractivity contribution in [2.24, 2.45) is 0 Å². The fourth-order valence-corrected chi connectivity index (χ4v) is 2.53. The van der Waals surface area contributed by atoms with Gasteiger partial charge in [-0.2, -0.15) is 0 Å². The molecule has 0 aliphatic rings. The first-order valence-corrected chi connectivity index (χ1v) is 8.97. The van der Waals surface area contributed by atoms with Gasteiger partial charge in [0.2, 0.25) is 0 Å². The summed E-state index contributed by atoms with van der Waals surface area (Å²) >= 11 is 6.26. The second-order valence-electron chi connectivity index (χ2n) is 5.68. The molecule has 0 fully saturated rings. The number of anilines is 1. The molecule has 1 amide bonds. The molecule has 0 aromatic heterocycles. The monoisotopic (exact) mass is 407 g/mol. The molecule has 2 rings (SSSR count). The van der Waals surface area contributed by atoms with E-state index in [9.17, 15) is 9.59 Å². The van der Waals surface area contributed by atoms with Crippen LogP contribution in [0.3, 0.4) is 0 Å². The van der Waals surface area contributed by atoms with E-state index in [1.54, 1.807) is 30.3 Å². The van der Waals surface area contributed by atoms with E-state index < -0.39 is 5.97 Å². The Morgan fingerprint density at radius 1 is 1.11 bits per heavy atom. The lowest BCUT2D eigenvalue weighted by atomic mass is 10.1. The third kappa shape index (κ3) is 5.79. The second-order valence-corrected chi connectivity index (χ2v) is 6.09. The average Bonchev–Trinajstić information content (AvgIpc) is 2.70. The number of amides is 1. The van der Waals surface area contributed by atoms with Crippen molar-refractivity contribution >= 4 is 29.2 Å². The van der Waals surface area contributed by atoms with E-state index in [4.69, 9.17) is 25.8 Å². The van der Waals surface area contributed by atoms with Crippen LogP contribution in [-0.2, 0) is 9.53 Å². The van der Waals surface area contributed by atoms with Crippen molar-refractivity contribution in [1.82, 2.24) is 0 Å². The molecule has 8 heteroatoms. The fraction of sp³-hybridized carbons (Fsp3) is 0.300. The SMILES string of the molecule is CCCOc1c(Cl)cc(C(=O)Nc2cccc(OCC(=O)OC)c2)cc1OC. The van der Waals surface area contributed by atoms with E-state index in [1.807, 2.05) is 6.92 Å². The number of ether oxygens (including phenoxy) is 4. The van der Waals surface area contributed by atoms with Crippen molar-refractivity contribution in [3.8, 4) is 17.2 Å². The van der Waals surface area contributed by atoms with Crippen LogP contribution in [0.5, 0.6) is 17.2 Å². The average molecular weight is 408 g/mol. The van der Waals surface area contributed by atoms with Gasteiger partial charge < -0.3 is 24.3 Å². The molecular weight excluding hydrogens is 386 g/mol. The zero-order valence-electron chi connectivity index (χ0n) is 15.9. The smallest absolute Gasteiger partial charge is 0.343 e. The number of nitrogens with one attached hydrogen (secondary N) is 1. The number of carbonyl (C=O) groups is 2. The summed E-state index contributed by atoms with van der Waals surface area (Å²) in [6, 6.07) is 9.72. The van der Waals surface area contributed by atoms with E-state index in [1.165, 1.54) is 20.3 Å². The lowest BCUT2D eigenvalue weighted by Crippen LogP contribution is -2.14. The van der Waals surface area contributed by atoms with Crippen molar-refractivity contribution < 1.29 is 28.5 Å². The molecule has 0 unspecified atom stereocenters. The summed E-state index contributed by atoms with van der Waals surface area (Å²) in [5, 5.41) is 3.04. The number of benzene rings is 2. The highest BCUT2D eigenvalue weighted by atomic mass is 35.5. The molecule has 0 radical (unpaired) electrons. The van der Waals surface area contributed by atoms with Gasteiger partial charge in [-0.1, -0.05) is 24.6 Å². The quantitative estimate of drug-likeness (QED) is 0.634. The van der Waals surface area contributed by atoms with Crippen LogP contribution >= 0.6 is 11.6 Å². The fourth-order valence-electron chi connectivity index (χ4n) is 2.26. The van der Waals surface area contributed by atoms with Gasteiger partial charge in [0, 0.05) is 17.3 Å². The highest BCUT2D eigenvalue weighted by molar-refractivity contribution is 6.32. The van der Waals surface area contributed by atoms with Crippen LogP contribution in [-0.4, -0.2) is 39.3 Å². The van der Waals surface area contributed by atoms with Crippen LogP contribution in [0.1, 0.15) is 23.7 Å². The number of carbonyl (C=O) groups excluding carboxylic acids is 2. The van der Waals surface area contributed by atoms with Gasteiger partial charge in [0.1, 0.15) is 5.75 Å². The predicted octanol–water partition coefficient (Wildman–Crippen LogP) is 3.94. The maximum Gasteiger partial charge on any atom is 0.343 e. The first kappa shape index (κ1) is 21.4. The molecular formula is C20H22ClNO6. The predicted molar refractivity (Wildman–Crippen MR) is 106 cm³/mol. The van der Waals surface area contributed by atoms with Crippen LogP contribution < -0.4 is 19.5 Å². The summed E-state index contributed by atoms with van der Waals surface area (Å²) < 4.78 is 20.7. The minimum atomic E-state index is -0.499. The molecule has 2 aromatic rings. The van der Waals surface area contributed by atoms with Crippen LogP contribution in [0.2, 0.25) is 5.02 Å². The zero-order valence-corrected chi connectivity index (χ0v) is 16.7. The lowest BCUT2D eigenvalue weighted by molar-refractivity contribution is -0.142. The van der Waals surface area contributed by atoms with Gasteiger partial charge in [0.15, 0.2) is 18.1 Å². The van der Waals surface area contributed by atoms with Crippen molar-refractivity contribution in [1.29, 1.82) is 0 Å². The molecule has 0 saturated carbocycles. The Hall–Kier alpha value is -2.93. The van der Waals surface area contributed by atoms with Crippen LogP contribution in [0, 0.1) is 0 Å². The first-order valence-electron chi connectivity index (χ1n) is 8.59. The second kappa shape index (κ2) is 10.4. The van der Waals surface area contributed by atoms with Crippen LogP contribution in [0.4, 0.5) is 5.69 Å². The van der Waals surface area contributed by atoms with E-state index in [0.29, 0.717) is 35.1 Å². The molecule has 0 heterocycles. The van der Waals surface area contributed by atoms with Crippen molar-refractivity contribution in [2.45, 2.75) is 13.3 Å². The summed E-state index contributed by atoms with van der Waals surface area (Å²) in [4.78, 5) is 23.8. The number of rotatable bonds is 9. The molecule has 0 saturated heterocycles. The molecule has 2 aromatic carbocycles. The summed E-state index contributed by atoms with van der Waals surface area (Å²) in [5.74, 6) is 0.318. The maximum absolute atomic E-state index is 12.6. The summed E-state index contributed by atoms with van der Waals surface area (Å²) in [6.45, 7) is 2.24. The summed E-state index contributed by atoms with van der Waals surface area (Å²) in [7, 11) is 2.76. The maximum atomic E-state index is 12.6. The van der Waals surface area contributed by atoms with Gasteiger partial charge in [0.25, 0.3) is 5.91 Å². The topological polar surface area (TPSA) is 83.1 Å². The summed E-state index contributed by atoms with van der Waals surface area (Å²) in [6.07, 6.45) is 0.816. The molecule has 0 aliphatic heterocycles. The minimum Gasteiger partial charge on any atom is -0.493 e. The molecule has 150 valence electrons. The largest absolute Gasteiger partial charge is 0.493 e. The first-order chi connectivity index (χ1) is 13.5. The molecule has 0 aliphatic carbocycles. The molecule has 0 atom stereocenters. The Bertz CT molecular complexity index is 839. The van der Waals surface area contributed by atoms with Gasteiger partial charge in [-0.05, 0) is 30.7 Å². The zero-order chi connectivity index (χ0) is 20.5. The van der Waals surface area contributed by atoms with Gasteiger partial charge in [0.05, 0.1) is 25.8 Å². The van der Waals surface area contributed by atoms with Crippen molar-refractivity contribution in [3.63, 3.8) is 0 Å². The Morgan fingerprint density at radius 2 is 1.89 bits per heavy atom. The van der Waals surface area contributed by atoms with E-state index >= 15 is 0 Å². The summed E-state index contributed by atoms with van der Waals surface area (Å²) in [5.41, 5.74) is 0.806. The van der Waals surface area contributed by atoms with E-state index in [0.717, 1.165) is 6.42 Å². The number of hydrogen-bond donors (Lipinski definition) is 1. The molecule has 1 N–H and O–H groups in total. The highest BCUT2D eigenvalue weighted by Crippen LogP contribution is 2.36. The third-order valence-electron chi connectivity index (χ3n) is 3.62. The van der Waals surface area contributed by atoms with Crippen LogP contribution in [0.15, 0.2) is 36.4 Å². The van der Waals surface area contributed by atoms with E-state index in [2.05, 4.69) is 10.1 Å². The Labute approximate surface area is 168 Å². The lowest BCUT2D eigenvalue weighted by Gasteiger charge is -2.14. The minimum absolute atomic E-state index is 0.222. The van der Waals surface area contributed by atoms with Gasteiger partial charge in [-0.15, -0.1) is 0 Å². The normalized spacial score (nSPS) is 10.1. The Morgan fingerprint density at radius 3 is 2.57 bits per heavy atom. The van der Waals surface area contributed by atoms with Crippen molar-refractivity contribution in [2.75, 3.05) is 32.8 Å². The molecule has 28 heavy (non-hydrogen) atoms. The van der Waals surface area contributed by atoms with Crippen LogP contribution in [0.25, 0.3) is 0 Å². The number of hydrogen-bond acceptors (Lipinski definition) is 6. The van der Waals surface area contributed by atoms with Gasteiger partial charge in [-0.3, -0.25) is 4.79 Å². The standard InChI is InChI=1S/C20H22ClNO6/c1-4-8-27-19-16(21)9-13(10-17(19)25-2)20(24)22-14-6-5-7-15(11-14)28-12-18(23)26-3/h5-7,9-11H,4,8,12H2,1-3H3,(H,22,24). The number of methoxy groups -OCH3 is 2. The van der Waals surface area contributed by atoms with Gasteiger partial charge >= 0.3 is 5.97 Å². The Kier molecular flexibility index (Phi) is 7.95. The van der Waals surface area contributed by atoms with Crippen molar-refractivity contribution in [3.05, 3.63) is 47.0 Å².